The van der Waals surface area contributed by atoms with Crippen molar-refractivity contribution in [3.63, 3.8) is 0 Å². The van der Waals surface area contributed by atoms with E-state index in [0.717, 1.165) is 70.2 Å². The first-order chi connectivity index (χ1) is 20.5. The van der Waals surface area contributed by atoms with Crippen LogP contribution in [0.3, 0.4) is 0 Å². The van der Waals surface area contributed by atoms with Crippen molar-refractivity contribution < 1.29 is 28.2 Å². The van der Waals surface area contributed by atoms with E-state index in [1.54, 1.807) is 29.9 Å². The Balaban J connectivity index is 0.000000472. The number of alkyl halides is 3. The number of carboxylic acids is 1. The number of halogens is 4. The second-order valence-electron chi connectivity index (χ2n) is 9.58. The van der Waals surface area contributed by atoms with E-state index >= 15 is 0 Å². The fourth-order valence-electron chi connectivity index (χ4n) is 4.71. The Bertz CT molecular complexity index is 1730. The average molecular weight is 652 g/mol. The van der Waals surface area contributed by atoms with E-state index in [1.165, 1.54) is 11.8 Å². The molecule has 1 atom stereocenters. The Morgan fingerprint density at radius 3 is 2.60 bits per heavy atom. The van der Waals surface area contributed by atoms with Crippen LogP contribution in [-0.4, -0.2) is 65.4 Å². The van der Waals surface area contributed by atoms with E-state index in [2.05, 4.69) is 31.8 Å². The van der Waals surface area contributed by atoms with Gasteiger partial charge in [-0.2, -0.15) is 13.2 Å². The number of hydrogen-bond donors (Lipinski definition) is 3. The third-order valence-corrected chi connectivity index (χ3v) is 9.03. The number of H-pyrrole nitrogens is 1. The second kappa shape index (κ2) is 13.0. The third-order valence-electron chi connectivity index (χ3n) is 6.85. The van der Waals surface area contributed by atoms with Gasteiger partial charge in [-0.25, -0.2) is 24.7 Å². The molecule has 1 aliphatic rings. The Morgan fingerprint density at radius 2 is 1.95 bits per heavy atom. The lowest BCUT2D eigenvalue weighted by atomic mass is 9.90. The minimum Gasteiger partial charge on any atom is -0.475 e. The van der Waals surface area contributed by atoms with E-state index < -0.39 is 18.2 Å². The van der Waals surface area contributed by atoms with Gasteiger partial charge in [-0.15, -0.1) is 11.3 Å². The molecule has 0 spiro atoms. The van der Waals surface area contributed by atoms with Crippen molar-refractivity contribution >= 4 is 68.7 Å². The summed E-state index contributed by atoms with van der Waals surface area (Å²) in [4.78, 5) is 39.3. The molecule has 5 aromatic heterocycles. The molecule has 0 saturated carbocycles. The monoisotopic (exact) mass is 651 g/mol. The summed E-state index contributed by atoms with van der Waals surface area (Å²) >= 11 is 9.85. The highest BCUT2D eigenvalue weighted by Gasteiger charge is 2.38. The van der Waals surface area contributed by atoms with Crippen molar-refractivity contribution in [3.8, 4) is 0 Å². The topological polar surface area (TPSA) is 141 Å². The zero-order valence-electron chi connectivity index (χ0n) is 22.5. The smallest absolute Gasteiger partial charge is 0.475 e. The molecular weight excluding hydrogens is 627 g/mol. The summed E-state index contributed by atoms with van der Waals surface area (Å²) in [5, 5.41) is 22.1. The molecule has 5 aromatic rings. The molecule has 16 heteroatoms. The lowest BCUT2D eigenvalue weighted by Crippen LogP contribution is -2.36. The summed E-state index contributed by atoms with van der Waals surface area (Å²) in [6.45, 7) is 3.65. The highest BCUT2D eigenvalue weighted by atomic mass is 35.5. The number of aryl methyl sites for hydroxylation is 1. The fraction of sp³-hybridized carbons (Fsp3) is 0.333. The first-order valence-electron chi connectivity index (χ1n) is 13.1. The molecule has 10 nitrogen and oxygen atoms in total. The quantitative estimate of drug-likeness (QED) is 0.179. The number of rotatable bonds is 6. The largest absolute Gasteiger partial charge is 0.490 e. The molecule has 1 unspecified atom stereocenters. The van der Waals surface area contributed by atoms with E-state index in [1.807, 2.05) is 23.6 Å². The van der Waals surface area contributed by atoms with Gasteiger partial charge in [-0.05, 0) is 54.5 Å². The van der Waals surface area contributed by atoms with E-state index in [-0.39, 0.29) is 5.92 Å². The summed E-state index contributed by atoms with van der Waals surface area (Å²) in [5.41, 5.74) is 3.02. The summed E-state index contributed by atoms with van der Waals surface area (Å²) in [7, 11) is 0. The molecule has 6 heterocycles. The van der Waals surface area contributed by atoms with Crippen LogP contribution in [0.4, 0.5) is 19.0 Å². The number of anilines is 1. The second-order valence-corrected chi connectivity index (χ2v) is 12.0. The number of nitrogens with one attached hydrogen (secondary N) is 1. The minimum absolute atomic E-state index is 0.226. The summed E-state index contributed by atoms with van der Waals surface area (Å²) in [6, 6.07) is 5.95. The van der Waals surface area contributed by atoms with Crippen LogP contribution in [0.15, 0.2) is 52.2 Å². The number of carbonyl (C=O) groups is 1. The Kier molecular flexibility index (Phi) is 9.34. The SMILES string of the molecule is CCc1[nH]c2nc(Sc3cnc4nccnc4c3)nc(N3CCC(C(O)c4cccs4)CC3)c2c1Cl.O=C(O)C(F)(F)F. The van der Waals surface area contributed by atoms with Gasteiger partial charge in [0.1, 0.15) is 17.0 Å². The van der Waals surface area contributed by atoms with Gasteiger partial charge in [-0.3, -0.25) is 4.98 Å². The standard InChI is InChI=1S/C25H24ClN7OS2.C2HF3O2/c1-2-16-20(26)19-23(30-16)31-25(36-15-12-17-22(29-13-15)28-8-7-27-17)32-24(19)33-9-5-14(6-10-33)21(34)18-4-3-11-35-18;3-2(4,5)1(6)7/h3-4,7-8,11-14,21,34H,2,5-6,9-10H2,1H3,(H,30,31,32);(H,6,7). The van der Waals surface area contributed by atoms with Crippen LogP contribution >= 0.6 is 34.7 Å². The number of aromatic nitrogens is 6. The predicted molar refractivity (Wildman–Crippen MR) is 158 cm³/mol. The fourth-order valence-corrected chi connectivity index (χ4v) is 6.62. The van der Waals surface area contributed by atoms with Crippen LogP contribution in [0, 0.1) is 5.92 Å². The van der Waals surface area contributed by atoms with Gasteiger partial charge in [0.2, 0.25) is 0 Å². The van der Waals surface area contributed by atoms with Gasteiger partial charge >= 0.3 is 12.1 Å². The Morgan fingerprint density at radius 1 is 1.23 bits per heavy atom. The first-order valence-corrected chi connectivity index (χ1v) is 15.2. The number of carboxylic acid groups (broad SMARTS) is 1. The van der Waals surface area contributed by atoms with Crippen LogP contribution in [0.1, 0.15) is 36.4 Å². The Labute approximate surface area is 256 Å². The average Bonchev–Trinajstić information content (AvgIpc) is 3.65. The number of aliphatic hydroxyl groups excluding tert-OH is 1. The van der Waals surface area contributed by atoms with Gasteiger partial charge in [0.15, 0.2) is 10.8 Å². The van der Waals surface area contributed by atoms with Crippen LogP contribution in [0.25, 0.3) is 22.2 Å². The van der Waals surface area contributed by atoms with E-state index in [9.17, 15) is 18.3 Å². The van der Waals surface area contributed by atoms with Crippen molar-refractivity contribution in [2.45, 2.75) is 48.5 Å². The van der Waals surface area contributed by atoms with Gasteiger partial charge in [0.25, 0.3) is 0 Å². The predicted octanol–water partition coefficient (Wildman–Crippen LogP) is 6.31. The zero-order valence-corrected chi connectivity index (χ0v) is 24.9. The summed E-state index contributed by atoms with van der Waals surface area (Å²) in [5.74, 6) is -1.70. The lowest BCUT2D eigenvalue weighted by Gasteiger charge is -2.35. The molecule has 1 fully saturated rings. The molecule has 0 aromatic carbocycles. The number of hydrogen-bond acceptors (Lipinski definition) is 10. The number of pyridine rings is 1. The van der Waals surface area contributed by atoms with Crippen LogP contribution in [-0.2, 0) is 11.2 Å². The van der Waals surface area contributed by atoms with Gasteiger partial charge in [-0.1, -0.05) is 24.6 Å². The number of aliphatic hydroxyl groups is 1. The molecule has 0 radical (unpaired) electrons. The molecule has 43 heavy (non-hydrogen) atoms. The van der Waals surface area contributed by atoms with Crippen molar-refractivity contribution in [2.75, 3.05) is 18.0 Å². The summed E-state index contributed by atoms with van der Waals surface area (Å²) in [6.07, 6.45) is 2.09. The lowest BCUT2D eigenvalue weighted by molar-refractivity contribution is -0.192. The molecule has 6 rings (SSSR count). The van der Waals surface area contributed by atoms with E-state index in [0.29, 0.717) is 15.8 Å². The number of aromatic amines is 1. The van der Waals surface area contributed by atoms with Crippen LogP contribution < -0.4 is 4.90 Å². The van der Waals surface area contributed by atoms with Crippen molar-refractivity contribution in [1.29, 1.82) is 0 Å². The highest BCUT2D eigenvalue weighted by Crippen LogP contribution is 2.39. The maximum atomic E-state index is 10.8. The van der Waals surface area contributed by atoms with Crippen LogP contribution in [0.2, 0.25) is 5.02 Å². The van der Waals surface area contributed by atoms with Crippen LogP contribution in [0.5, 0.6) is 0 Å². The normalized spacial score (nSPS) is 15.0. The van der Waals surface area contributed by atoms with Gasteiger partial charge < -0.3 is 20.1 Å². The minimum atomic E-state index is -5.08. The molecule has 3 N–H and O–H groups in total. The number of nitrogens with zero attached hydrogens (tertiary/aromatic N) is 6. The molecular formula is C27H25ClF3N7O3S2. The molecule has 0 bridgehead atoms. The molecule has 0 amide bonds. The van der Waals surface area contributed by atoms with Gasteiger partial charge in [0, 0.05) is 47.1 Å². The number of aliphatic carboxylic acids is 1. The maximum Gasteiger partial charge on any atom is 0.490 e. The Hall–Kier alpha value is -3.53. The molecule has 1 aliphatic heterocycles. The maximum absolute atomic E-state index is 10.8. The highest BCUT2D eigenvalue weighted by molar-refractivity contribution is 7.99. The first kappa shape index (κ1) is 30.9. The number of fused-ring (bicyclic) bond motifs is 2. The number of piperidine rings is 1. The summed E-state index contributed by atoms with van der Waals surface area (Å²) < 4.78 is 31.7. The van der Waals surface area contributed by atoms with Crippen molar-refractivity contribution in [1.82, 2.24) is 29.9 Å². The molecule has 1 saturated heterocycles. The van der Waals surface area contributed by atoms with Crippen molar-refractivity contribution in [3.05, 3.63) is 57.8 Å². The van der Waals surface area contributed by atoms with Gasteiger partial charge in [0.05, 0.1) is 16.5 Å². The van der Waals surface area contributed by atoms with Crippen molar-refractivity contribution in [2.24, 2.45) is 5.92 Å². The van der Waals surface area contributed by atoms with E-state index in [4.69, 9.17) is 31.5 Å². The molecule has 226 valence electrons. The number of thiophene rings is 1. The third kappa shape index (κ3) is 7.00. The molecule has 0 aliphatic carbocycles. The zero-order chi connectivity index (χ0) is 30.7.